The normalized spacial score (nSPS) is 11.5. The van der Waals surface area contributed by atoms with Crippen LogP contribution in [0.25, 0.3) is 116 Å². The topological polar surface area (TPSA) is 69.4 Å². The van der Waals surface area contributed by atoms with Crippen molar-refractivity contribution in [3.63, 3.8) is 0 Å². The van der Waals surface area contributed by atoms with Gasteiger partial charge in [-0.2, -0.15) is 0 Å². The lowest BCUT2D eigenvalue weighted by atomic mass is 9.99. The van der Waals surface area contributed by atoms with Crippen molar-refractivity contribution in [1.82, 2.24) is 29.5 Å². The molecule has 7 heteroatoms. The van der Waals surface area contributed by atoms with Crippen molar-refractivity contribution in [1.29, 1.82) is 0 Å². The molecular weight excluding hydrogens is 777 g/mol. The van der Waals surface area contributed by atoms with E-state index in [4.69, 9.17) is 24.9 Å². The Morgan fingerprint density at radius 2 is 0.839 bits per heavy atom. The number of para-hydroxylation sites is 1. The molecule has 0 atom stereocenters. The molecule has 4 aromatic heterocycles. The van der Waals surface area contributed by atoms with Crippen LogP contribution in [0.1, 0.15) is 0 Å². The maximum absolute atomic E-state index is 5.23. The highest BCUT2D eigenvalue weighted by Crippen LogP contribution is 2.42. The van der Waals surface area contributed by atoms with Crippen molar-refractivity contribution >= 4 is 53.3 Å². The molecule has 0 fully saturated rings. The number of benzene rings is 8. The first kappa shape index (κ1) is 35.8. The fourth-order valence-corrected chi connectivity index (χ4v) is 9.65. The second-order valence-electron chi connectivity index (χ2n) is 15.3. The molecule has 0 N–H and O–H groups in total. The monoisotopic (exact) mass is 810 g/mol. The molecule has 0 saturated heterocycles. The summed E-state index contributed by atoms with van der Waals surface area (Å²) in [6.07, 6.45) is 0. The van der Waals surface area contributed by atoms with Crippen LogP contribution in [0.5, 0.6) is 0 Å². The molecule has 8 aromatic carbocycles. The van der Waals surface area contributed by atoms with Crippen LogP contribution >= 0.6 is 11.3 Å². The average molecular weight is 811 g/mol. The maximum Gasteiger partial charge on any atom is 0.235 e. The summed E-state index contributed by atoms with van der Waals surface area (Å²) in [5.41, 5.74) is 11.1. The fourth-order valence-electron chi connectivity index (χ4n) is 8.54. The second kappa shape index (κ2) is 14.9. The molecule has 0 saturated carbocycles. The lowest BCUT2D eigenvalue weighted by Crippen LogP contribution is -2.03. The third-order valence-electron chi connectivity index (χ3n) is 11.5. The molecule has 0 aliphatic carbocycles. The van der Waals surface area contributed by atoms with Crippen molar-refractivity contribution < 1.29 is 0 Å². The number of nitrogens with zero attached hydrogens (tertiary/aromatic N) is 6. The van der Waals surface area contributed by atoms with Crippen LogP contribution in [0, 0.1) is 0 Å². The average Bonchev–Trinajstić information content (AvgIpc) is 3.90. The number of aromatic nitrogens is 6. The number of fused-ring (bicyclic) bond motifs is 6. The molecule has 0 aliphatic heterocycles. The van der Waals surface area contributed by atoms with Crippen LogP contribution in [-0.4, -0.2) is 29.5 Å². The van der Waals surface area contributed by atoms with Crippen LogP contribution in [0.3, 0.4) is 0 Å². The van der Waals surface area contributed by atoms with E-state index in [1.54, 1.807) is 11.3 Å². The molecule has 0 unspecified atom stereocenters. The minimum Gasteiger partial charge on any atom is -0.278 e. The fraction of sp³-hybridized carbons (Fsp3) is 0. The molecule has 0 aliphatic rings. The van der Waals surface area contributed by atoms with Gasteiger partial charge in [0, 0.05) is 58.8 Å². The van der Waals surface area contributed by atoms with E-state index < -0.39 is 0 Å². The lowest BCUT2D eigenvalue weighted by molar-refractivity contribution is 0.995. The summed E-state index contributed by atoms with van der Waals surface area (Å²) in [4.78, 5) is 25.7. The standard InChI is InChI=1S/C55H34N6S/c1-5-16-35(17-6-1)45-34-46(36-18-7-2-8-19-36)57-55(56-45)61-47-26-14-13-24-41(47)43-32-39(28-30-48(43)61)40-29-31-49-44(33-40)51-42(25-15-27-50(51)62-49)54-59-52(37-20-9-3-10-21-37)58-53(60-54)38-22-11-4-12-23-38/h1-34H. The van der Waals surface area contributed by atoms with Crippen molar-refractivity contribution in [3.05, 3.63) is 206 Å². The molecule has 4 heterocycles. The van der Waals surface area contributed by atoms with Gasteiger partial charge in [-0.05, 0) is 53.6 Å². The molecular formula is C55H34N6S. The van der Waals surface area contributed by atoms with Crippen LogP contribution < -0.4 is 0 Å². The summed E-state index contributed by atoms with van der Waals surface area (Å²) in [7, 11) is 0. The minimum absolute atomic E-state index is 0.632. The van der Waals surface area contributed by atoms with Gasteiger partial charge in [0.1, 0.15) is 0 Å². The summed E-state index contributed by atoms with van der Waals surface area (Å²) in [5, 5.41) is 4.59. The van der Waals surface area contributed by atoms with E-state index in [0.29, 0.717) is 23.4 Å². The zero-order chi connectivity index (χ0) is 41.0. The smallest absolute Gasteiger partial charge is 0.235 e. The molecule has 290 valence electrons. The summed E-state index contributed by atoms with van der Waals surface area (Å²) >= 11 is 1.79. The van der Waals surface area contributed by atoms with E-state index in [1.165, 1.54) is 14.8 Å². The molecule has 0 amide bonds. The Morgan fingerprint density at radius 3 is 1.47 bits per heavy atom. The summed E-state index contributed by atoms with van der Waals surface area (Å²) < 4.78 is 4.60. The largest absolute Gasteiger partial charge is 0.278 e. The Morgan fingerprint density at radius 1 is 0.323 bits per heavy atom. The Kier molecular flexibility index (Phi) is 8.57. The first-order valence-corrected chi connectivity index (χ1v) is 21.4. The summed E-state index contributed by atoms with van der Waals surface area (Å²) in [6.45, 7) is 0. The predicted molar refractivity (Wildman–Crippen MR) is 255 cm³/mol. The third kappa shape index (κ3) is 6.22. The van der Waals surface area contributed by atoms with Crippen LogP contribution in [0.15, 0.2) is 206 Å². The second-order valence-corrected chi connectivity index (χ2v) is 16.4. The van der Waals surface area contributed by atoms with Gasteiger partial charge in [-0.15, -0.1) is 11.3 Å². The van der Waals surface area contributed by atoms with Crippen LogP contribution in [-0.2, 0) is 0 Å². The molecule has 12 rings (SSSR count). The van der Waals surface area contributed by atoms with E-state index in [-0.39, 0.29) is 0 Å². The molecule has 62 heavy (non-hydrogen) atoms. The SMILES string of the molecule is c1ccc(-c2cc(-c3ccccc3)nc(-n3c4ccccc4c4cc(-c5ccc6sc7cccc(-c8nc(-c9ccccc9)nc(-c9ccccc9)n8)c7c6c5)ccc43)n2)cc1. The highest BCUT2D eigenvalue weighted by molar-refractivity contribution is 7.26. The zero-order valence-corrected chi connectivity index (χ0v) is 34.0. The Hall–Kier alpha value is -8.13. The minimum atomic E-state index is 0.632. The third-order valence-corrected chi connectivity index (χ3v) is 12.6. The van der Waals surface area contributed by atoms with Gasteiger partial charge in [-0.3, -0.25) is 4.57 Å². The van der Waals surface area contributed by atoms with E-state index in [1.807, 2.05) is 72.8 Å². The van der Waals surface area contributed by atoms with Crippen LogP contribution in [0.2, 0.25) is 0 Å². The van der Waals surface area contributed by atoms with Gasteiger partial charge in [0.05, 0.1) is 22.4 Å². The Balaban J connectivity index is 1.02. The van der Waals surface area contributed by atoms with Crippen LogP contribution in [0.4, 0.5) is 0 Å². The van der Waals surface area contributed by atoms with Crippen molar-refractivity contribution in [2.24, 2.45) is 0 Å². The highest BCUT2D eigenvalue weighted by atomic mass is 32.1. The molecule has 12 aromatic rings. The molecule has 0 spiro atoms. The first-order valence-electron chi connectivity index (χ1n) is 20.6. The Bertz CT molecular complexity index is 3500. The van der Waals surface area contributed by atoms with Gasteiger partial charge in [-0.1, -0.05) is 164 Å². The predicted octanol–water partition coefficient (Wildman–Crippen LogP) is 14.1. The highest BCUT2D eigenvalue weighted by Gasteiger charge is 2.20. The van der Waals surface area contributed by atoms with Gasteiger partial charge in [0.25, 0.3) is 0 Å². The van der Waals surface area contributed by atoms with Gasteiger partial charge in [0.2, 0.25) is 5.95 Å². The van der Waals surface area contributed by atoms with E-state index in [2.05, 4.69) is 138 Å². The first-order chi connectivity index (χ1) is 30.7. The quantitative estimate of drug-likeness (QED) is 0.160. The van der Waals surface area contributed by atoms with Crippen molar-refractivity contribution in [2.45, 2.75) is 0 Å². The maximum atomic E-state index is 5.23. The molecule has 6 nitrogen and oxygen atoms in total. The summed E-state index contributed by atoms with van der Waals surface area (Å²) in [5.74, 6) is 2.57. The zero-order valence-electron chi connectivity index (χ0n) is 33.2. The van der Waals surface area contributed by atoms with Gasteiger partial charge < -0.3 is 0 Å². The number of hydrogen-bond acceptors (Lipinski definition) is 6. The van der Waals surface area contributed by atoms with Crippen molar-refractivity contribution in [3.8, 4) is 73.8 Å². The molecule has 0 radical (unpaired) electrons. The number of hydrogen-bond donors (Lipinski definition) is 0. The van der Waals surface area contributed by atoms with Crippen molar-refractivity contribution in [2.75, 3.05) is 0 Å². The van der Waals surface area contributed by atoms with E-state index >= 15 is 0 Å². The molecule has 0 bridgehead atoms. The number of thiophene rings is 1. The lowest BCUT2D eigenvalue weighted by Gasteiger charge is -2.12. The van der Waals surface area contributed by atoms with Gasteiger partial charge in [0.15, 0.2) is 17.5 Å². The van der Waals surface area contributed by atoms with E-state index in [9.17, 15) is 0 Å². The van der Waals surface area contributed by atoms with E-state index in [0.717, 1.165) is 77.5 Å². The van der Waals surface area contributed by atoms with Gasteiger partial charge >= 0.3 is 0 Å². The summed E-state index contributed by atoms with van der Waals surface area (Å²) in [6, 6.07) is 71.6. The Labute approximate surface area is 361 Å². The number of rotatable bonds is 7. The van der Waals surface area contributed by atoms with Gasteiger partial charge in [-0.25, -0.2) is 24.9 Å².